The normalized spacial score (nSPS) is 14.7. The smallest absolute Gasteiger partial charge is 0.193 e. The third-order valence-corrected chi connectivity index (χ3v) is 3.86. The zero-order valence-corrected chi connectivity index (χ0v) is 13.3. The quantitative estimate of drug-likeness (QED) is 0.676. The summed E-state index contributed by atoms with van der Waals surface area (Å²) in [6.45, 7) is 5.73. The topological polar surface area (TPSA) is 68.2 Å². The summed E-state index contributed by atoms with van der Waals surface area (Å²) in [7, 11) is 0. The van der Waals surface area contributed by atoms with Crippen molar-refractivity contribution in [1.82, 2.24) is 9.55 Å². The molecule has 1 aromatic heterocycles. The highest BCUT2D eigenvalue weighted by Crippen LogP contribution is 2.15. The van der Waals surface area contributed by atoms with E-state index in [0.29, 0.717) is 12.5 Å². The summed E-state index contributed by atoms with van der Waals surface area (Å²) in [4.78, 5) is 9.03. The lowest BCUT2D eigenvalue weighted by molar-refractivity contribution is 0.522. The maximum atomic E-state index is 5.98. The number of benzene rings is 1. The highest BCUT2D eigenvalue weighted by atomic mass is 15.1. The zero-order chi connectivity index (χ0) is 15.5. The molecule has 0 bridgehead atoms. The number of aromatic nitrogens is 2. The first-order valence-electron chi connectivity index (χ1n) is 7.80. The van der Waals surface area contributed by atoms with Crippen molar-refractivity contribution in [1.29, 1.82) is 0 Å². The fourth-order valence-electron chi connectivity index (χ4n) is 2.95. The number of guanidine groups is 1. The molecule has 22 heavy (non-hydrogen) atoms. The van der Waals surface area contributed by atoms with Crippen molar-refractivity contribution in [3.8, 4) is 0 Å². The van der Waals surface area contributed by atoms with E-state index in [4.69, 9.17) is 5.73 Å². The van der Waals surface area contributed by atoms with Crippen LogP contribution in [0.5, 0.6) is 0 Å². The summed E-state index contributed by atoms with van der Waals surface area (Å²) < 4.78 is 2.24. The number of hydrogen-bond acceptors (Lipinski definition) is 2. The Morgan fingerprint density at radius 1 is 1.27 bits per heavy atom. The van der Waals surface area contributed by atoms with Gasteiger partial charge in [-0.25, -0.2) is 9.98 Å². The van der Waals surface area contributed by atoms with E-state index < -0.39 is 0 Å². The van der Waals surface area contributed by atoms with Gasteiger partial charge < -0.3 is 15.6 Å². The lowest BCUT2D eigenvalue weighted by Crippen LogP contribution is -2.22. The van der Waals surface area contributed by atoms with E-state index in [2.05, 4.69) is 58.1 Å². The van der Waals surface area contributed by atoms with Gasteiger partial charge in [-0.1, -0.05) is 6.07 Å². The number of aliphatic imine (C=N–C) groups is 1. The molecule has 0 spiro atoms. The van der Waals surface area contributed by atoms with Crippen LogP contribution in [0.4, 0.5) is 5.69 Å². The molecule has 2 aromatic rings. The van der Waals surface area contributed by atoms with E-state index in [1.54, 1.807) is 0 Å². The van der Waals surface area contributed by atoms with Crippen LogP contribution in [0.3, 0.4) is 0 Å². The van der Waals surface area contributed by atoms with E-state index in [0.717, 1.165) is 24.3 Å². The standard InChI is InChI=1S/C17H23N5/c1-12-7-13(2)9-14(8-12)21-17(18)19-10-15-11-22-6-4-3-5-16(22)20-15/h7-9,11H,3-6,10H2,1-2H3,(H3,18,19,21). The second-order valence-corrected chi connectivity index (χ2v) is 6.00. The van der Waals surface area contributed by atoms with Gasteiger partial charge in [-0.15, -0.1) is 0 Å². The number of imidazole rings is 1. The van der Waals surface area contributed by atoms with Crippen molar-refractivity contribution in [3.05, 3.63) is 47.0 Å². The molecule has 5 heteroatoms. The Kier molecular flexibility index (Phi) is 4.13. The Labute approximate surface area is 131 Å². The van der Waals surface area contributed by atoms with Gasteiger partial charge in [0, 0.05) is 24.8 Å². The minimum Gasteiger partial charge on any atom is -0.370 e. The summed E-state index contributed by atoms with van der Waals surface area (Å²) in [5.74, 6) is 1.60. The maximum Gasteiger partial charge on any atom is 0.193 e. The van der Waals surface area contributed by atoms with Crippen LogP contribution in [0.25, 0.3) is 0 Å². The van der Waals surface area contributed by atoms with Gasteiger partial charge >= 0.3 is 0 Å². The fraction of sp³-hybridized carbons (Fsp3) is 0.412. The third-order valence-electron chi connectivity index (χ3n) is 3.86. The molecule has 3 rings (SSSR count). The number of hydrogen-bond donors (Lipinski definition) is 2. The summed E-state index contributed by atoms with van der Waals surface area (Å²) in [5.41, 5.74) is 10.4. The second-order valence-electron chi connectivity index (χ2n) is 6.00. The van der Waals surface area contributed by atoms with Crippen LogP contribution in [-0.4, -0.2) is 15.5 Å². The lowest BCUT2D eigenvalue weighted by atomic mass is 10.1. The predicted octanol–water partition coefficient (Wildman–Crippen LogP) is 2.76. The van der Waals surface area contributed by atoms with Crippen LogP contribution < -0.4 is 11.1 Å². The van der Waals surface area contributed by atoms with Crippen LogP contribution in [0.2, 0.25) is 0 Å². The highest BCUT2D eigenvalue weighted by Gasteiger charge is 2.11. The number of nitrogens with two attached hydrogens (primary N) is 1. The first-order valence-corrected chi connectivity index (χ1v) is 7.80. The SMILES string of the molecule is Cc1cc(C)cc(NC(N)=NCc2cn3c(n2)CCCC3)c1. The molecule has 0 fully saturated rings. The fourth-order valence-corrected chi connectivity index (χ4v) is 2.95. The number of nitrogens with one attached hydrogen (secondary N) is 1. The van der Waals surface area contributed by atoms with Gasteiger partial charge in [0.1, 0.15) is 5.82 Å². The molecule has 0 atom stereocenters. The molecule has 2 heterocycles. The van der Waals surface area contributed by atoms with E-state index >= 15 is 0 Å². The minimum absolute atomic E-state index is 0.427. The highest BCUT2D eigenvalue weighted by molar-refractivity contribution is 5.92. The van der Waals surface area contributed by atoms with Gasteiger partial charge in [0.05, 0.1) is 12.2 Å². The van der Waals surface area contributed by atoms with Gasteiger partial charge in [-0.2, -0.15) is 0 Å². The van der Waals surface area contributed by atoms with Crippen molar-refractivity contribution >= 4 is 11.6 Å². The molecule has 116 valence electrons. The van der Waals surface area contributed by atoms with Gasteiger partial charge in [0.25, 0.3) is 0 Å². The Bertz CT molecular complexity index is 655. The third kappa shape index (κ3) is 3.47. The van der Waals surface area contributed by atoms with Crippen LogP contribution in [0.15, 0.2) is 29.4 Å². The minimum atomic E-state index is 0.427. The Morgan fingerprint density at radius 3 is 2.77 bits per heavy atom. The second kappa shape index (κ2) is 6.22. The van der Waals surface area contributed by atoms with Crippen molar-refractivity contribution in [3.63, 3.8) is 0 Å². The zero-order valence-electron chi connectivity index (χ0n) is 13.3. The van der Waals surface area contributed by atoms with E-state index in [1.165, 1.54) is 29.8 Å². The van der Waals surface area contributed by atoms with Crippen LogP contribution in [0.1, 0.15) is 35.5 Å². The molecule has 5 nitrogen and oxygen atoms in total. The molecule has 3 N–H and O–H groups in total. The first-order chi connectivity index (χ1) is 10.6. The summed E-state index contributed by atoms with van der Waals surface area (Å²) in [6.07, 6.45) is 5.64. The molecule has 0 radical (unpaired) electrons. The van der Waals surface area contributed by atoms with Crippen molar-refractivity contribution in [2.45, 2.75) is 46.2 Å². The van der Waals surface area contributed by atoms with E-state index in [1.807, 2.05) is 0 Å². The largest absolute Gasteiger partial charge is 0.370 e. The average molecular weight is 297 g/mol. The van der Waals surface area contributed by atoms with Crippen molar-refractivity contribution in [2.24, 2.45) is 10.7 Å². The molecule has 0 aliphatic carbocycles. The molecule has 0 amide bonds. The molecule has 0 saturated carbocycles. The lowest BCUT2D eigenvalue weighted by Gasteiger charge is -2.11. The van der Waals surface area contributed by atoms with Crippen LogP contribution >= 0.6 is 0 Å². The number of anilines is 1. The summed E-state index contributed by atoms with van der Waals surface area (Å²) in [6, 6.07) is 6.25. The van der Waals surface area contributed by atoms with Crippen molar-refractivity contribution in [2.75, 3.05) is 5.32 Å². The number of aryl methyl sites for hydroxylation is 4. The molecule has 0 saturated heterocycles. The first kappa shape index (κ1) is 14.6. The van der Waals surface area contributed by atoms with E-state index in [-0.39, 0.29) is 0 Å². The number of rotatable bonds is 3. The summed E-state index contributed by atoms with van der Waals surface area (Å²) in [5, 5.41) is 3.15. The Hall–Kier alpha value is -2.30. The van der Waals surface area contributed by atoms with Crippen LogP contribution in [-0.2, 0) is 19.5 Å². The average Bonchev–Trinajstić information content (AvgIpc) is 2.87. The molecule has 0 unspecified atom stereocenters. The van der Waals surface area contributed by atoms with Gasteiger partial charge in [-0.3, -0.25) is 0 Å². The Morgan fingerprint density at radius 2 is 2.05 bits per heavy atom. The van der Waals surface area contributed by atoms with Gasteiger partial charge in [0.2, 0.25) is 0 Å². The maximum absolute atomic E-state index is 5.98. The van der Waals surface area contributed by atoms with Crippen molar-refractivity contribution < 1.29 is 0 Å². The molecule has 1 aromatic carbocycles. The predicted molar refractivity (Wildman–Crippen MR) is 90.0 cm³/mol. The molecule has 1 aliphatic heterocycles. The molecule has 1 aliphatic rings. The number of fused-ring (bicyclic) bond motifs is 1. The Balaban J connectivity index is 1.65. The molecular weight excluding hydrogens is 274 g/mol. The molecular formula is C17H23N5. The van der Waals surface area contributed by atoms with Gasteiger partial charge in [0.15, 0.2) is 5.96 Å². The van der Waals surface area contributed by atoms with Crippen LogP contribution in [0, 0.1) is 13.8 Å². The summed E-state index contributed by atoms with van der Waals surface area (Å²) >= 11 is 0. The monoisotopic (exact) mass is 297 g/mol. The number of nitrogens with zero attached hydrogens (tertiary/aromatic N) is 3. The van der Waals surface area contributed by atoms with E-state index in [9.17, 15) is 0 Å². The van der Waals surface area contributed by atoms with Gasteiger partial charge in [-0.05, 0) is 49.9 Å².